The number of hydrogen-bond donors (Lipinski definition) is 2. The molecular formula is C22H25NO6. The third kappa shape index (κ3) is 4.99. The Balaban J connectivity index is 1.75. The van der Waals surface area contributed by atoms with E-state index in [1.54, 1.807) is 42.5 Å². The third-order valence-electron chi connectivity index (χ3n) is 4.99. The molecule has 3 rings (SSSR count). The van der Waals surface area contributed by atoms with Gasteiger partial charge in [0.2, 0.25) is 0 Å². The Bertz CT molecular complexity index is 858. The third-order valence-corrected chi connectivity index (χ3v) is 4.99. The number of carbonyl (C=O) groups is 2. The molecule has 1 unspecified atom stereocenters. The molecule has 29 heavy (non-hydrogen) atoms. The van der Waals surface area contributed by atoms with Crippen LogP contribution in [0, 0.1) is 0 Å². The van der Waals surface area contributed by atoms with Crippen molar-refractivity contribution >= 4 is 11.9 Å². The van der Waals surface area contributed by atoms with Crippen LogP contribution in [0.3, 0.4) is 0 Å². The second-order valence-corrected chi connectivity index (χ2v) is 6.91. The van der Waals surface area contributed by atoms with Crippen LogP contribution in [0.4, 0.5) is 0 Å². The smallest absolute Gasteiger partial charge is 0.330 e. The Labute approximate surface area is 169 Å². The zero-order chi connectivity index (χ0) is 20.8. The van der Waals surface area contributed by atoms with Crippen molar-refractivity contribution in [3.05, 3.63) is 53.6 Å². The van der Waals surface area contributed by atoms with Gasteiger partial charge in [-0.3, -0.25) is 4.79 Å². The first-order chi connectivity index (χ1) is 14.0. The van der Waals surface area contributed by atoms with Crippen molar-refractivity contribution in [3.8, 4) is 17.2 Å². The molecule has 0 aliphatic heterocycles. The quantitative estimate of drug-likeness (QED) is 0.705. The van der Waals surface area contributed by atoms with E-state index in [1.807, 2.05) is 0 Å². The van der Waals surface area contributed by atoms with Crippen LogP contribution < -0.4 is 19.5 Å². The number of carbonyl (C=O) groups excluding carboxylic acids is 1. The van der Waals surface area contributed by atoms with Gasteiger partial charge in [-0.2, -0.15) is 0 Å². The van der Waals surface area contributed by atoms with Crippen LogP contribution in [0.25, 0.3) is 0 Å². The predicted molar refractivity (Wildman–Crippen MR) is 107 cm³/mol. The molecule has 2 aromatic rings. The van der Waals surface area contributed by atoms with Crippen molar-refractivity contribution in [1.29, 1.82) is 0 Å². The van der Waals surface area contributed by atoms with E-state index in [2.05, 4.69) is 5.32 Å². The molecule has 1 amide bonds. The summed E-state index contributed by atoms with van der Waals surface area (Å²) in [6.45, 7) is 0. The number of benzene rings is 2. The molecule has 1 atom stereocenters. The second-order valence-electron chi connectivity index (χ2n) is 6.91. The number of carboxylic acid groups (broad SMARTS) is 1. The average Bonchev–Trinajstić information content (AvgIpc) is 3.25. The number of methoxy groups -OCH3 is 2. The molecule has 7 nitrogen and oxygen atoms in total. The molecule has 1 aliphatic carbocycles. The largest absolute Gasteiger partial charge is 0.497 e. The van der Waals surface area contributed by atoms with Gasteiger partial charge in [-0.05, 0) is 61.6 Å². The number of rotatable bonds is 8. The summed E-state index contributed by atoms with van der Waals surface area (Å²) in [5.41, 5.74) is 0.736. The van der Waals surface area contributed by atoms with E-state index in [4.69, 9.17) is 14.2 Å². The van der Waals surface area contributed by atoms with E-state index < -0.39 is 17.9 Å². The summed E-state index contributed by atoms with van der Waals surface area (Å²) in [5, 5.41) is 12.1. The monoisotopic (exact) mass is 399 g/mol. The maximum atomic E-state index is 12.7. The maximum absolute atomic E-state index is 12.7. The highest BCUT2D eigenvalue weighted by atomic mass is 16.5. The Kier molecular flexibility index (Phi) is 6.59. The lowest BCUT2D eigenvalue weighted by Crippen LogP contribution is -2.33. The van der Waals surface area contributed by atoms with Crippen molar-refractivity contribution in [1.82, 2.24) is 5.32 Å². The van der Waals surface area contributed by atoms with Crippen LogP contribution in [0.1, 0.15) is 47.6 Å². The molecule has 2 aromatic carbocycles. The average molecular weight is 399 g/mol. The molecule has 0 spiro atoms. The normalized spacial score (nSPS) is 14.8. The fourth-order valence-corrected chi connectivity index (χ4v) is 3.39. The molecule has 1 aliphatic rings. The number of carboxylic acids is 1. The van der Waals surface area contributed by atoms with E-state index in [-0.39, 0.29) is 6.10 Å². The van der Waals surface area contributed by atoms with Gasteiger partial charge < -0.3 is 24.6 Å². The van der Waals surface area contributed by atoms with Crippen molar-refractivity contribution in [2.75, 3.05) is 14.2 Å². The van der Waals surface area contributed by atoms with Crippen LogP contribution in [0.15, 0.2) is 42.5 Å². The molecule has 1 fully saturated rings. The molecule has 2 N–H and O–H groups in total. The SMILES string of the molecule is COc1ccc(C(NC(=O)c2ccc(OC3CCCC3)c(OC)c2)C(=O)O)cc1. The summed E-state index contributed by atoms with van der Waals surface area (Å²) >= 11 is 0. The fourth-order valence-electron chi connectivity index (χ4n) is 3.39. The zero-order valence-electron chi connectivity index (χ0n) is 16.5. The summed E-state index contributed by atoms with van der Waals surface area (Å²) < 4.78 is 16.4. The van der Waals surface area contributed by atoms with Crippen LogP contribution >= 0.6 is 0 Å². The van der Waals surface area contributed by atoms with Gasteiger partial charge in [-0.1, -0.05) is 12.1 Å². The Morgan fingerprint density at radius 1 is 1.00 bits per heavy atom. The first-order valence-electron chi connectivity index (χ1n) is 9.54. The highest BCUT2D eigenvalue weighted by Crippen LogP contribution is 2.32. The summed E-state index contributed by atoms with van der Waals surface area (Å²) in [4.78, 5) is 24.4. The molecular weight excluding hydrogens is 374 g/mol. The van der Waals surface area contributed by atoms with Gasteiger partial charge in [0.1, 0.15) is 5.75 Å². The minimum atomic E-state index is -1.19. The van der Waals surface area contributed by atoms with E-state index in [0.717, 1.165) is 25.7 Å². The fraction of sp³-hybridized carbons (Fsp3) is 0.364. The Hall–Kier alpha value is -3.22. The minimum absolute atomic E-state index is 0.162. The molecule has 0 heterocycles. The standard InChI is InChI=1S/C22H25NO6/c1-27-16-10-7-14(8-11-16)20(22(25)26)23-21(24)15-9-12-18(19(13-15)28-2)29-17-5-3-4-6-17/h7-13,17,20H,3-6H2,1-2H3,(H,23,24)(H,25,26). The van der Waals surface area contributed by atoms with Gasteiger partial charge in [-0.25, -0.2) is 4.79 Å². The zero-order valence-corrected chi connectivity index (χ0v) is 16.5. The van der Waals surface area contributed by atoms with Crippen molar-refractivity contribution in [2.24, 2.45) is 0 Å². The van der Waals surface area contributed by atoms with Crippen molar-refractivity contribution < 1.29 is 28.9 Å². The number of hydrogen-bond acceptors (Lipinski definition) is 5. The van der Waals surface area contributed by atoms with Crippen LogP contribution in [0.2, 0.25) is 0 Å². The first kappa shape index (κ1) is 20.5. The highest BCUT2D eigenvalue weighted by molar-refractivity contribution is 5.97. The van der Waals surface area contributed by atoms with E-state index >= 15 is 0 Å². The van der Waals surface area contributed by atoms with Crippen LogP contribution in [-0.4, -0.2) is 37.3 Å². The Morgan fingerprint density at radius 2 is 1.69 bits per heavy atom. The minimum Gasteiger partial charge on any atom is -0.497 e. The van der Waals surface area contributed by atoms with E-state index in [1.165, 1.54) is 14.2 Å². The van der Waals surface area contributed by atoms with Gasteiger partial charge in [0.25, 0.3) is 5.91 Å². The second kappa shape index (κ2) is 9.32. The summed E-state index contributed by atoms with van der Waals surface area (Å²) in [5.74, 6) is -0.0378. The number of ether oxygens (including phenoxy) is 3. The summed E-state index contributed by atoms with van der Waals surface area (Å²) in [6, 6.07) is 10.2. The highest BCUT2D eigenvalue weighted by Gasteiger charge is 2.24. The number of amides is 1. The number of nitrogens with one attached hydrogen (secondary N) is 1. The molecule has 0 radical (unpaired) electrons. The lowest BCUT2D eigenvalue weighted by atomic mass is 10.1. The first-order valence-corrected chi connectivity index (χ1v) is 9.54. The van der Waals surface area contributed by atoms with E-state index in [0.29, 0.717) is 28.4 Å². The van der Waals surface area contributed by atoms with Crippen molar-refractivity contribution in [3.63, 3.8) is 0 Å². The molecule has 0 saturated heterocycles. The topological polar surface area (TPSA) is 94.1 Å². The van der Waals surface area contributed by atoms with Crippen LogP contribution in [-0.2, 0) is 4.79 Å². The molecule has 1 saturated carbocycles. The van der Waals surface area contributed by atoms with Crippen molar-refractivity contribution in [2.45, 2.75) is 37.8 Å². The molecule has 7 heteroatoms. The number of aliphatic carboxylic acids is 1. The van der Waals surface area contributed by atoms with Gasteiger partial charge in [0.15, 0.2) is 17.5 Å². The summed E-state index contributed by atoms with van der Waals surface area (Å²) in [7, 11) is 3.04. The predicted octanol–water partition coefficient (Wildman–Crippen LogP) is 3.58. The summed E-state index contributed by atoms with van der Waals surface area (Å²) in [6.07, 6.45) is 4.47. The van der Waals surface area contributed by atoms with E-state index in [9.17, 15) is 14.7 Å². The van der Waals surface area contributed by atoms with Gasteiger partial charge in [-0.15, -0.1) is 0 Å². The van der Waals surface area contributed by atoms with Gasteiger partial charge in [0, 0.05) is 5.56 Å². The van der Waals surface area contributed by atoms with Crippen LogP contribution in [0.5, 0.6) is 17.2 Å². The maximum Gasteiger partial charge on any atom is 0.330 e. The molecule has 0 bridgehead atoms. The molecule has 0 aromatic heterocycles. The lowest BCUT2D eigenvalue weighted by Gasteiger charge is -2.18. The molecule has 154 valence electrons. The van der Waals surface area contributed by atoms with Gasteiger partial charge in [0.05, 0.1) is 20.3 Å². The Morgan fingerprint density at radius 3 is 2.28 bits per heavy atom. The van der Waals surface area contributed by atoms with Gasteiger partial charge >= 0.3 is 5.97 Å². The lowest BCUT2D eigenvalue weighted by molar-refractivity contribution is -0.139.